The van der Waals surface area contributed by atoms with Gasteiger partial charge in [-0.3, -0.25) is 0 Å². The maximum absolute atomic E-state index is 12.6. The molecule has 1 heterocycles. The van der Waals surface area contributed by atoms with Gasteiger partial charge in [0, 0.05) is 6.54 Å². The predicted octanol–water partition coefficient (Wildman–Crippen LogP) is 4.19. The molecular weight excluding hydrogens is 311 g/mol. The van der Waals surface area contributed by atoms with Gasteiger partial charge in [0.1, 0.15) is 4.88 Å². The standard InChI is InChI=1S/C15H18F3N3S/c1-10-4-6-11(7-5-10)12(21(2)3)8-19-14-20-9-13(22-14)15(16,17)18/h4-7,9,12H,8H2,1-3H3,(H,19,20). The van der Waals surface area contributed by atoms with Gasteiger partial charge >= 0.3 is 6.18 Å². The van der Waals surface area contributed by atoms with Crippen LogP contribution in [0.3, 0.4) is 0 Å². The Kier molecular flexibility index (Phi) is 5.08. The highest BCUT2D eigenvalue weighted by molar-refractivity contribution is 7.15. The zero-order valence-corrected chi connectivity index (χ0v) is 13.4. The van der Waals surface area contributed by atoms with Crippen LogP contribution in [0.25, 0.3) is 0 Å². The third-order valence-corrected chi connectivity index (χ3v) is 4.32. The molecule has 0 radical (unpaired) electrons. The van der Waals surface area contributed by atoms with Crippen molar-refractivity contribution in [1.29, 1.82) is 0 Å². The molecule has 2 aromatic rings. The van der Waals surface area contributed by atoms with Gasteiger partial charge < -0.3 is 10.2 Å². The number of hydrogen-bond acceptors (Lipinski definition) is 4. The molecule has 1 N–H and O–H groups in total. The van der Waals surface area contributed by atoms with Crippen molar-refractivity contribution in [2.75, 3.05) is 26.0 Å². The molecule has 120 valence electrons. The number of anilines is 1. The number of nitrogens with zero attached hydrogens (tertiary/aromatic N) is 2. The Morgan fingerprint density at radius 1 is 1.23 bits per heavy atom. The molecule has 0 aliphatic rings. The number of likely N-dealkylation sites (N-methyl/N-ethyl adjacent to an activating group) is 1. The molecule has 2 rings (SSSR count). The average molecular weight is 329 g/mol. The Hall–Kier alpha value is -1.60. The average Bonchev–Trinajstić information content (AvgIpc) is 2.89. The van der Waals surface area contributed by atoms with Gasteiger partial charge in [0.15, 0.2) is 5.13 Å². The van der Waals surface area contributed by atoms with Crippen molar-refractivity contribution in [3.05, 3.63) is 46.5 Å². The summed E-state index contributed by atoms with van der Waals surface area (Å²) >= 11 is 0.625. The van der Waals surface area contributed by atoms with E-state index in [1.54, 1.807) is 0 Å². The molecule has 0 saturated heterocycles. The fourth-order valence-corrected chi connectivity index (χ4v) is 2.75. The van der Waals surface area contributed by atoms with Crippen LogP contribution < -0.4 is 5.32 Å². The second-order valence-electron chi connectivity index (χ2n) is 5.30. The van der Waals surface area contributed by atoms with E-state index in [4.69, 9.17) is 0 Å². The highest BCUT2D eigenvalue weighted by Crippen LogP contribution is 2.35. The van der Waals surface area contributed by atoms with Gasteiger partial charge in [0.2, 0.25) is 0 Å². The topological polar surface area (TPSA) is 28.2 Å². The third kappa shape index (κ3) is 4.20. The zero-order chi connectivity index (χ0) is 16.3. The summed E-state index contributed by atoms with van der Waals surface area (Å²) in [6.07, 6.45) is -3.47. The summed E-state index contributed by atoms with van der Waals surface area (Å²) in [5.74, 6) is 0. The van der Waals surface area contributed by atoms with Gasteiger partial charge in [-0.1, -0.05) is 41.2 Å². The van der Waals surface area contributed by atoms with Crippen LogP contribution in [-0.2, 0) is 6.18 Å². The molecule has 0 spiro atoms. The highest BCUT2D eigenvalue weighted by Gasteiger charge is 2.33. The van der Waals surface area contributed by atoms with Crippen LogP contribution in [0.15, 0.2) is 30.5 Å². The van der Waals surface area contributed by atoms with Crippen molar-refractivity contribution < 1.29 is 13.2 Å². The summed E-state index contributed by atoms with van der Waals surface area (Å²) in [5, 5.41) is 3.28. The lowest BCUT2D eigenvalue weighted by molar-refractivity contribution is -0.134. The molecule has 0 bridgehead atoms. The van der Waals surface area contributed by atoms with Crippen LogP contribution in [-0.4, -0.2) is 30.5 Å². The summed E-state index contributed by atoms with van der Waals surface area (Å²) in [7, 11) is 3.88. The third-order valence-electron chi connectivity index (χ3n) is 3.32. The summed E-state index contributed by atoms with van der Waals surface area (Å²) in [6, 6.07) is 8.17. The number of hydrogen-bond donors (Lipinski definition) is 1. The molecule has 0 aliphatic carbocycles. The van der Waals surface area contributed by atoms with Crippen LogP contribution in [0.1, 0.15) is 22.0 Å². The van der Waals surface area contributed by atoms with Crippen molar-refractivity contribution in [3.63, 3.8) is 0 Å². The van der Waals surface area contributed by atoms with E-state index in [1.807, 2.05) is 50.2 Å². The van der Waals surface area contributed by atoms with Gasteiger partial charge in [-0.15, -0.1) is 0 Å². The van der Waals surface area contributed by atoms with E-state index in [0.717, 1.165) is 11.8 Å². The van der Waals surface area contributed by atoms with E-state index >= 15 is 0 Å². The lowest BCUT2D eigenvalue weighted by Crippen LogP contribution is -2.26. The number of thiazole rings is 1. The summed E-state index contributed by atoms with van der Waals surface area (Å²) in [4.78, 5) is 5.13. The predicted molar refractivity (Wildman–Crippen MR) is 83.2 cm³/mol. The quantitative estimate of drug-likeness (QED) is 0.892. The Morgan fingerprint density at radius 3 is 2.36 bits per heavy atom. The van der Waals surface area contributed by atoms with Gasteiger partial charge in [0.05, 0.1) is 12.2 Å². The normalized spacial score (nSPS) is 13.4. The molecule has 0 aliphatic heterocycles. The van der Waals surface area contributed by atoms with Crippen LogP contribution in [0, 0.1) is 6.92 Å². The summed E-state index contributed by atoms with van der Waals surface area (Å²) in [6.45, 7) is 2.50. The first kappa shape index (κ1) is 16.8. The van der Waals surface area contributed by atoms with E-state index in [1.165, 1.54) is 5.56 Å². The smallest absolute Gasteiger partial charge is 0.360 e. The molecule has 1 aromatic heterocycles. The molecule has 0 saturated carbocycles. The van der Waals surface area contributed by atoms with E-state index < -0.39 is 11.1 Å². The van der Waals surface area contributed by atoms with Crippen molar-refractivity contribution in [2.24, 2.45) is 0 Å². The molecule has 1 aromatic carbocycles. The Labute approximate surface area is 131 Å². The highest BCUT2D eigenvalue weighted by atomic mass is 32.1. The van der Waals surface area contributed by atoms with Crippen molar-refractivity contribution in [3.8, 4) is 0 Å². The Balaban J connectivity index is 2.06. The second kappa shape index (κ2) is 6.66. The minimum absolute atomic E-state index is 0.0545. The zero-order valence-electron chi connectivity index (χ0n) is 12.6. The molecule has 1 atom stereocenters. The van der Waals surface area contributed by atoms with Crippen LogP contribution in [0.4, 0.5) is 18.3 Å². The SMILES string of the molecule is Cc1ccc(C(CNc2ncc(C(F)(F)F)s2)N(C)C)cc1. The molecule has 1 unspecified atom stereocenters. The van der Waals surface area contributed by atoms with E-state index in [0.29, 0.717) is 17.9 Å². The molecule has 0 fully saturated rings. The van der Waals surface area contributed by atoms with E-state index in [2.05, 4.69) is 10.3 Å². The fourth-order valence-electron chi connectivity index (χ4n) is 2.06. The number of aryl methyl sites for hydroxylation is 1. The van der Waals surface area contributed by atoms with E-state index in [-0.39, 0.29) is 11.2 Å². The second-order valence-corrected chi connectivity index (χ2v) is 6.33. The molecule has 7 heteroatoms. The number of aromatic nitrogens is 1. The lowest BCUT2D eigenvalue weighted by atomic mass is 10.0. The molecule has 3 nitrogen and oxygen atoms in total. The van der Waals surface area contributed by atoms with E-state index in [9.17, 15) is 13.2 Å². The number of rotatable bonds is 5. The number of alkyl halides is 3. The lowest BCUT2D eigenvalue weighted by Gasteiger charge is -2.25. The number of halogens is 3. The number of benzene rings is 1. The first-order valence-corrected chi connectivity index (χ1v) is 7.59. The van der Waals surface area contributed by atoms with Crippen molar-refractivity contribution in [2.45, 2.75) is 19.1 Å². The van der Waals surface area contributed by atoms with Crippen LogP contribution >= 0.6 is 11.3 Å². The van der Waals surface area contributed by atoms with Crippen LogP contribution in [0.2, 0.25) is 0 Å². The number of nitrogens with one attached hydrogen (secondary N) is 1. The maximum Gasteiger partial charge on any atom is 0.427 e. The monoisotopic (exact) mass is 329 g/mol. The first-order valence-electron chi connectivity index (χ1n) is 6.77. The first-order chi connectivity index (χ1) is 10.3. The van der Waals surface area contributed by atoms with Gasteiger partial charge in [0.25, 0.3) is 0 Å². The van der Waals surface area contributed by atoms with Crippen molar-refractivity contribution >= 4 is 16.5 Å². The fraction of sp³-hybridized carbons (Fsp3) is 0.400. The molecular formula is C15H18F3N3S. The van der Waals surface area contributed by atoms with Gasteiger partial charge in [-0.2, -0.15) is 13.2 Å². The van der Waals surface area contributed by atoms with Gasteiger partial charge in [-0.25, -0.2) is 4.98 Å². The largest absolute Gasteiger partial charge is 0.427 e. The minimum Gasteiger partial charge on any atom is -0.360 e. The van der Waals surface area contributed by atoms with Crippen LogP contribution in [0.5, 0.6) is 0 Å². The Bertz CT molecular complexity index is 605. The molecule has 0 amide bonds. The Morgan fingerprint density at radius 2 is 1.86 bits per heavy atom. The van der Waals surface area contributed by atoms with Crippen molar-refractivity contribution in [1.82, 2.24) is 9.88 Å². The van der Waals surface area contributed by atoms with Gasteiger partial charge in [-0.05, 0) is 26.6 Å². The minimum atomic E-state index is -4.34. The summed E-state index contributed by atoms with van der Waals surface area (Å²) in [5.41, 5.74) is 2.28. The molecule has 22 heavy (non-hydrogen) atoms. The summed E-state index contributed by atoms with van der Waals surface area (Å²) < 4.78 is 37.7. The maximum atomic E-state index is 12.6.